The summed E-state index contributed by atoms with van der Waals surface area (Å²) in [5.74, 6) is -4.09. The lowest BCUT2D eigenvalue weighted by Crippen LogP contribution is -2.40. The molecule has 2 aromatic carbocycles. The van der Waals surface area contributed by atoms with Crippen LogP contribution in [0.25, 0.3) is 54.4 Å². The Morgan fingerprint density at radius 2 is 0.988 bits per heavy atom. The number of aromatic nitrogens is 6. The first-order valence-corrected chi connectivity index (χ1v) is 27.8. The number of benzene rings is 2. The number of nitrogens with one attached hydrogen (secondary N) is 4. The molecule has 2 saturated heterocycles. The molecular formula is C58H50N12O10S2. The van der Waals surface area contributed by atoms with Crippen LogP contribution in [0.4, 0.5) is 0 Å². The number of allylic oxidation sites excluding steroid dienone is 2. The molecule has 0 saturated carbocycles. The Hall–Kier alpha value is -9.72. The van der Waals surface area contributed by atoms with Crippen LogP contribution in [0.3, 0.4) is 0 Å². The van der Waals surface area contributed by atoms with Gasteiger partial charge < -0.3 is 50.1 Å². The molecular weight excluding hydrogens is 1090 g/mol. The van der Waals surface area contributed by atoms with Crippen LogP contribution < -0.4 is 20.1 Å². The molecule has 0 unspecified atom stereocenters. The zero-order valence-corrected chi connectivity index (χ0v) is 45.3. The Morgan fingerprint density at radius 3 is 1.35 bits per heavy atom. The van der Waals surface area contributed by atoms with Gasteiger partial charge in [-0.2, -0.15) is 10.5 Å². The highest BCUT2D eigenvalue weighted by molar-refractivity contribution is 7.13. The number of ether oxygens (including phenoxy) is 2. The van der Waals surface area contributed by atoms with E-state index >= 15 is 0 Å². The highest BCUT2D eigenvalue weighted by Crippen LogP contribution is 2.39. The monoisotopic (exact) mass is 1140 g/mol. The van der Waals surface area contributed by atoms with Gasteiger partial charge in [0.25, 0.3) is 35.2 Å². The van der Waals surface area contributed by atoms with Crippen LogP contribution in [-0.4, -0.2) is 151 Å². The number of carbonyl (C=O) groups is 6. The van der Waals surface area contributed by atoms with E-state index in [0.29, 0.717) is 46.8 Å². The number of likely N-dealkylation sites (tertiary alicyclic amines) is 2. The number of hydrogen-bond donors (Lipinski definition) is 6. The van der Waals surface area contributed by atoms with Gasteiger partial charge in [0.05, 0.1) is 81.8 Å². The minimum atomic E-state index is -0.838. The molecule has 0 spiro atoms. The van der Waals surface area contributed by atoms with Crippen molar-refractivity contribution >= 4 is 90.8 Å². The molecule has 4 amide bonds. The zero-order valence-electron chi connectivity index (χ0n) is 43.7. The van der Waals surface area contributed by atoms with Gasteiger partial charge in [0.15, 0.2) is 0 Å². The zero-order chi connectivity index (χ0) is 57.3. The van der Waals surface area contributed by atoms with E-state index in [0.717, 1.165) is 44.9 Å². The number of carbonyl (C=O) groups excluding carboxylic acids is 6. The molecule has 6 N–H and O–H groups in total. The summed E-state index contributed by atoms with van der Waals surface area (Å²) in [6.45, 7) is -0.132. The lowest BCUT2D eigenvalue weighted by Gasteiger charge is -2.28. The third kappa shape index (κ3) is 11.5. The van der Waals surface area contributed by atoms with Gasteiger partial charge in [-0.15, -0.1) is 22.7 Å². The predicted octanol–water partition coefficient (Wildman–Crippen LogP) is 6.15. The van der Waals surface area contributed by atoms with E-state index in [2.05, 4.69) is 52.7 Å². The minimum Gasteiger partial charge on any atom is -0.488 e. The molecule has 22 nitrogen and oxygen atoms in total. The van der Waals surface area contributed by atoms with E-state index in [1.54, 1.807) is 0 Å². The number of ketones is 2. The summed E-state index contributed by atoms with van der Waals surface area (Å²) in [7, 11) is 0. The number of thiazole rings is 2. The summed E-state index contributed by atoms with van der Waals surface area (Å²) in [6, 6.07) is 23.1. The third-order valence-electron chi connectivity index (χ3n) is 13.9. The van der Waals surface area contributed by atoms with Gasteiger partial charge in [-0.25, -0.2) is 19.9 Å². The Labute approximate surface area is 475 Å². The van der Waals surface area contributed by atoms with Crippen molar-refractivity contribution in [1.82, 2.24) is 50.3 Å². The maximum absolute atomic E-state index is 14.4. The molecule has 2 aliphatic heterocycles. The van der Waals surface area contributed by atoms with Crippen molar-refractivity contribution in [3.63, 3.8) is 0 Å². The largest absolute Gasteiger partial charge is 0.488 e. The summed E-state index contributed by atoms with van der Waals surface area (Å²) in [5, 5.41) is 47.8. The van der Waals surface area contributed by atoms with Crippen LogP contribution in [0.2, 0.25) is 0 Å². The van der Waals surface area contributed by atoms with Crippen molar-refractivity contribution in [1.29, 1.82) is 10.5 Å². The standard InChI is InChI=1S/C58H50N12O10S2/c59-25-37(33-7-3-1-4-8-33)35-11-17-69(18-12-35)57(77)51(73)39-27-63-47-45(39)43(29-65-49(47)55-67-41(31-81-55)53(75)61-15-21-71)79-23-24-80-44-30-66-50(56-68-42(32-82-56)54(76)62-16-22-72)48-46(44)40(28-64-48)52(74)58(78)70-19-13-36(14-20-70)38(26-60)34-9-5-2-6-10-34/h1-10,27-32,63-64,71-72H,11-24H2,(H,61,75)(H,62,76). The molecule has 8 heterocycles. The Bertz CT molecular complexity index is 3670. The number of aliphatic hydroxyl groups is 2. The number of hydrogen-bond acceptors (Lipinski definition) is 18. The number of rotatable bonds is 19. The van der Waals surface area contributed by atoms with E-state index in [4.69, 9.17) is 9.47 Å². The second-order valence-electron chi connectivity index (χ2n) is 18.7. The molecule has 24 heteroatoms. The van der Waals surface area contributed by atoms with E-state index in [-0.39, 0.29) is 133 Å². The van der Waals surface area contributed by atoms with Crippen LogP contribution in [0.1, 0.15) is 78.5 Å². The van der Waals surface area contributed by atoms with E-state index in [9.17, 15) is 49.5 Å². The highest BCUT2D eigenvalue weighted by atomic mass is 32.1. The molecule has 6 aromatic heterocycles. The molecule has 0 bridgehead atoms. The average molecular weight is 1140 g/mol. The van der Waals surface area contributed by atoms with Gasteiger partial charge in [-0.3, -0.25) is 28.8 Å². The van der Waals surface area contributed by atoms with E-state index in [1.807, 2.05) is 60.7 Å². The van der Waals surface area contributed by atoms with Crippen LogP contribution in [0.5, 0.6) is 11.5 Å². The molecule has 2 aliphatic rings. The molecule has 0 aliphatic carbocycles. The fraction of sp³-hybridized carbons (Fsp3) is 0.241. The van der Waals surface area contributed by atoms with Crippen molar-refractivity contribution in [3.05, 3.63) is 141 Å². The van der Waals surface area contributed by atoms with Crippen molar-refractivity contribution in [3.8, 4) is 45.0 Å². The number of aromatic amines is 2. The first-order chi connectivity index (χ1) is 40.0. The maximum Gasteiger partial charge on any atom is 0.295 e. The fourth-order valence-corrected chi connectivity index (χ4v) is 11.4. The molecule has 2 fully saturated rings. The average Bonchev–Trinajstić information content (AvgIpc) is 4.54. The van der Waals surface area contributed by atoms with Crippen molar-refractivity contribution in [2.24, 2.45) is 0 Å². The molecule has 8 aromatic rings. The molecule has 10 rings (SSSR count). The topological polar surface area (TPSA) is 323 Å². The number of aliphatic hydroxyl groups excluding tert-OH is 2. The molecule has 82 heavy (non-hydrogen) atoms. The number of H-pyrrole nitrogens is 2. The molecule has 0 radical (unpaired) electrons. The second-order valence-corrected chi connectivity index (χ2v) is 20.5. The quantitative estimate of drug-likeness (QED) is 0.0229. The number of amides is 4. The number of pyridine rings is 2. The summed E-state index contributed by atoms with van der Waals surface area (Å²) in [5.41, 5.74) is 5.53. The van der Waals surface area contributed by atoms with Crippen LogP contribution in [0, 0.1) is 22.7 Å². The van der Waals surface area contributed by atoms with Crippen molar-refractivity contribution in [2.45, 2.75) is 25.7 Å². The number of nitriles is 2. The third-order valence-corrected chi connectivity index (χ3v) is 15.6. The Kier molecular flexibility index (Phi) is 17.1. The Morgan fingerprint density at radius 1 is 0.598 bits per heavy atom. The molecule has 414 valence electrons. The van der Waals surface area contributed by atoms with Gasteiger partial charge in [0.2, 0.25) is 0 Å². The van der Waals surface area contributed by atoms with E-state index < -0.39 is 35.2 Å². The maximum atomic E-state index is 14.4. The number of fused-ring (bicyclic) bond motifs is 2. The number of piperidine rings is 2. The fourth-order valence-electron chi connectivity index (χ4n) is 9.82. The summed E-state index contributed by atoms with van der Waals surface area (Å²) >= 11 is 2.22. The SMILES string of the molecule is N#CC(=C1CCN(C(=O)C(=O)c2c[nH]c3c(-c4nc(C(=O)NCCO)cs4)ncc(OCCOc4cnc(-c5nc(C(=O)NCCO)cs5)c5[nH]cc(C(=O)C(=O)N6CCC(=C(C#N)c7ccccc7)CC6)c45)c23)CC1)c1ccccc1. The minimum absolute atomic E-state index is 0.0139. The van der Waals surface area contributed by atoms with Gasteiger partial charge in [0.1, 0.15) is 57.5 Å². The highest BCUT2D eigenvalue weighted by Gasteiger charge is 2.33. The summed E-state index contributed by atoms with van der Waals surface area (Å²) in [4.78, 5) is 110. The van der Waals surface area contributed by atoms with Gasteiger partial charge >= 0.3 is 0 Å². The normalized spacial score (nSPS) is 13.3. The summed E-state index contributed by atoms with van der Waals surface area (Å²) in [6.07, 6.45) is 7.05. The van der Waals surface area contributed by atoms with E-state index in [1.165, 1.54) is 45.3 Å². The lowest BCUT2D eigenvalue weighted by molar-refractivity contribution is -0.127. The van der Waals surface area contributed by atoms with Gasteiger partial charge in [-0.05, 0) is 48.0 Å². The van der Waals surface area contributed by atoms with Crippen LogP contribution in [-0.2, 0) is 9.59 Å². The Balaban J connectivity index is 0.924. The molecule has 0 atom stereocenters. The van der Waals surface area contributed by atoms with Crippen molar-refractivity contribution in [2.75, 3.05) is 65.7 Å². The number of Topliss-reactive ketones (excluding diaryl/α,β-unsaturated/α-hetero) is 2. The van der Waals surface area contributed by atoms with Crippen LogP contribution >= 0.6 is 22.7 Å². The number of nitrogens with zero attached hydrogens (tertiary/aromatic N) is 8. The van der Waals surface area contributed by atoms with Gasteiger partial charge in [0, 0.05) is 62.4 Å². The first kappa shape index (κ1) is 55.6. The smallest absolute Gasteiger partial charge is 0.295 e. The lowest BCUT2D eigenvalue weighted by atomic mass is 9.93. The first-order valence-electron chi connectivity index (χ1n) is 26.0. The van der Waals surface area contributed by atoms with Crippen molar-refractivity contribution < 1.29 is 48.5 Å². The predicted molar refractivity (Wildman–Crippen MR) is 302 cm³/mol. The summed E-state index contributed by atoms with van der Waals surface area (Å²) < 4.78 is 12.6. The second kappa shape index (κ2) is 25.2. The van der Waals surface area contributed by atoms with Crippen LogP contribution in [0.15, 0.2) is 107 Å². The van der Waals surface area contributed by atoms with Gasteiger partial charge in [-0.1, -0.05) is 60.7 Å².